The van der Waals surface area contributed by atoms with Crippen molar-refractivity contribution in [2.45, 2.75) is 6.42 Å². The minimum atomic E-state index is 0.166. The molecule has 1 N–H and O–H groups in total. The monoisotopic (exact) mass is 325 g/mol. The highest BCUT2D eigenvalue weighted by atomic mass is 16.5. The van der Waals surface area contributed by atoms with Crippen molar-refractivity contribution in [3.63, 3.8) is 0 Å². The SMILES string of the molecule is COc1c(O)c(CCN(C)C)c2ccc3ccccc3c2c1OC. The van der Waals surface area contributed by atoms with Crippen LogP contribution < -0.4 is 9.47 Å². The Bertz CT molecular complexity index is 887. The molecule has 0 aliphatic rings. The minimum absolute atomic E-state index is 0.166. The average Bonchev–Trinajstić information content (AvgIpc) is 2.59. The zero-order valence-corrected chi connectivity index (χ0v) is 14.6. The van der Waals surface area contributed by atoms with Crippen LogP contribution in [0.4, 0.5) is 0 Å². The van der Waals surface area contributed by atoms with Gasteiger partial charge in [0.1, 0.15) is 0 Å². The number of hydrogen-bond donors (Lipinski definition) is 1. The maximum Gasteiger partial charge on any atom is 0.204 e. The lowest BCUT2D eigenvalue weighted by Gasteiger charge is -2.19. The van der Waals surface area contributed by atoms with E-state index < -0.39 is 0 Å². The van der Waals surface area contributed by atoms with Crippen molar-refractivity contribution < 1.29 is 14.6 Å². The molecule has 0 aliphatic heterocycles. The first-order chi connectivity index (χ1) is 11.6. The topological polar surface area (TPSA) is 41.9 Å². The molecule has 0 saturated carbocycles. The molecule has 0 fully saturated rings. The summed E-state index contributed by atoms with van der Waals surface area (Å²) in [6, 6.07) is 12.3. The average molecular weight is 325 g/mol. The Morgan fingerprint density at radius 3 is 2.29 bits per heavy atom. The molecule has 0 aromatic heterocycles. The maximum absolute atomic E-state index is 10.8. The first-order valence-electron chi connectivity index (χ1n) is 8.00. The van der Waals surface area contributed by atoms with E-state index in [1.54, 1.807) is 14.2 Å². The Balaban J connectivity index is 2.42. The molecule has 0 radical (unpaired) electrons. The summed E-state index contributed by atoms with van der Waals surface area (Å²) in [4.78, 5) is 2.10. The van der Waals surface area contributed by atoms with Crippen LogP contribution in [-0.2, 0) is 6.42 Å². The second kappa shape index (κ2) is 6.57. The van der Waals surface area contributed by atoms with Crippen LogP contribution in [-0.4, -0.2) is 44.9 Å². The van der Waals surface area contributed by atoms with Crippen molar-refractivity contribution in [3.05, 3.63) is 42.0 Å². The van der Waals surface area contributed by atoms with Gasteiger partial charge in [-0.05, 0) is 36.7 Å². The molecule has 0 atom stereocenters. The van der Waals surface area contributed by atoms with Crippen LogP contribution in [0.25, 0.3) is 21.5 Å². The molecular formula is C20H23NO3. The predicted molar refractivity (Wildman–Crippen MR) is 98.5 cm³/mol. The Labute approximate surface area is 142 Å². The Morgan fingerprint density at radius 2 is 1.62 bits per heavy atom. The van der Waals surface area contributed by atoms with Crippen LogP contribution in [0.3, 0.4) is 0 Å². The molecule has 0 spiro atoms. The third-order valence-corrected chi connectivity index (χ3v) is 4.41. The van der Waals surface area contributed by atoms with Crippen molar-refractivity contribution in [1.82, 2.24) is 4.90 Å². The predicted octanol–water partition coefficient (Wildman–Crippen LogP) is 3.82. The van der Waals surface area contributed by atoms with Gasteiger partial charge in [-0.15, -0.1) is 0 Å². The van der Waals surface area contributed by atoms with Crippen LogP contribution in [0.15, 0.2) is 36.4 Å². The second-order valence-corrected chi connectivity index (χ2v) is 6.16. The highest BCUT2D eigenvalue weighted by molar-refractivity contribution is 6.13. The number of rotatable bonds is 5. The fourth-order valence-electron chi connectivity index (χ4n) is 3.23. The highest BCUT2D eigenvalue weighted by Crippen LogP contribution is 2.48. The number of hydrogen-bond acceptors (Lipinski definition) is 4. The standard InChI is InChI=1S/C20H23NO3/c1-21(2)12-11-16-15-10-9-13-7-5-6-8-14(13)17(15)19(23-3)20(24-4)18(16)22/h5-10,22H,11-12H2,1-4H3. The van der Waals surface area contributed by atoms with Crippen LogP contribution >= 0.6 is 0 Å². The largest absolute Gasteiger partial charge is 0.504 e. The second-order valence-electron chi connectivity index (χ2n) is 6.16. The fraction of sp³-hybridized carbons (Fsp3) is 0.300. The van der Waals surface area contributed by atoms with Gasteiger partial charge in [0.05, 0.1) is 14.2 Å². The number of benzene rings is 3. The van der Waals surface area contributed by atoms with Gasteiger partial charge in [-0.25, -0.2) is 0 Å². The number of phenolic OH excluding ortho intramolecular Hbond substituents is 1. The smallest absolute Gasteiger partial charge is 0.204 e. The number of fused-ring (bicyclic) bond motifs is 3. The summed E-state index contributed by atoms with van der Waals surface area (Å²) in [5.74, 6) is 1.14. The summed E-state index contributed by atoms with van der Waals surface area (Å²) >= 11 is 0. The quantitative estimate of drug-likeness (QED) is 0.724. The fourth-order valence-corrected chi connectivity index (χ4v) is 3.23. The molecule has 3 aromatic rings. The maximum atomic E-state index is 10.8. The lowest BCUT2D eigenvalue weighted by molar-refractivity contribution is 0.333. The first-order valence-corrected chi connectivity index (χ1v) is 8.00. The van der Waals surface area contributed by atoms with Crippen LogP contribution in [0.2, 0.25) is 0 Å². The van der Waals surface area contributed by atoms with Gasteiger partial charge in [0.25, 0.3) is 0 Å². The number of phenols is 1. The molecule has 0 heterocycles. The lowest BCUT2D eigenvalue weighted by Crippen LogP contribution is -2.15. The van der Waals surface area contributed by atoms with Crippen molar-refractivity contribution in [3.8, 4) is 17.2 Å². The molecular weight excluding hydrogens is 302 g/mol. The van der Waals surface area contributed by atoms with E-state index in [-0.39, 0.29) is 5.75 Å². The lowest BCUT2D eigenvalue weighted by atomic mass is 9.94. The van der Waals surface area contributed by atoms with E-state index in [0.717, 1.165) is 40.1 Å². The van der Waals surface area contributed by atoms with Gasteiger partial charge in [-0.1, -0.05) is 36.4 Å². The molecule has 3 rings (SSSR count). The minimum Gasteiger partial charge on any atom is -0.504 e. The summed E-state index contributed by atoms with van der Waals surface area (Å²) in [6.07, 6.45) is 0.730. The number of nitrogens with zero attached hydrogens (tertiary/aromatic N) is 1. The van der Waals surface area contributed by atoms with Crippen molar-refractivity contribution in [2.75, 3.05) is 34.9 Å². The van der Waals surface area contributed by atoms with Crippen LogP contribution in [0, 0.1) is 0 Å². The van der Waals surface area contributed by atoms with E-state index in [2.05, 4.69) is 29.2 Å². The summed E-state index contributed by atoms with van der Waals surface area (Å²) in [6.45, 7) is 0.838. The third kappa shape index (κ3) is 2.63. The van der Waals surface area contributed by atoms with E-state index in [0.29, 0.717) is 11.5 Å². The van der Waals surface area contributed by atoms with Gasteiger partial charge in [-0.3, -0.25) is 0 Å². The van der Waals surface area contributed by atoms with E-state index in [1.807, 2.05) is 26.2 Å². The van der Waals surface area contributed by atoms with Gasteiger partial charge in [0.15, 0.2) is 11.5 Å². The normalized spacial score (nSPS) is 11.4. The van der Waals surface area contributed by atoms with Gasteiger partial charge < -0.3 is 19.5 Å². The van der Waals surface area contributed by atoms with Crippen LogP contribution in [0.1, 0.15) is 5.56 Å². The zero-order valence-electron chi connectivity index (χ0n) is 14.6. The van der Waals surface area contributed by atoms with E-state index >= 15 is 0 Å². The molecule has 126 valence electrons. The molecule has 0 unspecified atom stereocenters. The number of aromatic hydroxyl groups is 1. The molecule has 0 bridgehead atoms. The van der Waals surface area contributed by atoms with Crippen molar-refractivity contribution in [2.24, 2.45) is 0 Å². The molecule has 0 amide bonds. The molecule has 24 heavy (non-hydrogen) atoms. The third-order valence-electron chi connectivity index (χ3n) is 4.41. The molecule has 0 aliphatic carbocycles. The molecule has 0 saturated heterocycles. The zero-order chi connectivity index (χ0) is 17.3. The Morgan fingerprint density at radius 1 is 0.917 bits per heavy atom. The number of likely N-dealkylation sites (N-methyl/N-ethyl adjacent to an activating group) is 1. The van der Waals surface area contributed by atoms with Crippen molar-refractivity contribution in [1.29, 1.82) is 0 Å². The van der Waals surface area contributed by atoms with E-state index in [4.69, 9.17) is 9.47 Å². The Hall–Kier alpha value is -2.46. The molecule has 4 nitrogen and oxygen atoms in total. The van der Waals surface area contributed by atoms with Gasteiger partial charge in [-0.2, -0.15) is 0 Å². The summed E-state index contributed by atoms with van der Waals surface area (Å²) < 4.78 is 11.1. The summed E-state index contributed by atoms with van der Waals surface area (Å²) in [7, 11) is 7.22. The molecule has 3 aromatic carbocycles. The van der Waals surface area contributed by atoms with Crippen molar-refractivity contribution >= 4 is 21.5 Å². The summed E-state index contributed by atoms with van der Waals surface area (Å²) in [5.41, 5.74) is 0.891. The highest BCUT2D eigenvalue weighted by Gasteiger charge is 2.22. The van der Waals surface area contributed by atoms with Gasteiger partial charge in [0, 0.05) is 17.5 Å². The van der Waals surface area contributed by atoms with Gasteiger partial charge >= 0.3 is 0 Å². The molecule has 4 heteroatoms. The van der Waals surface area contributed by atoms with E-state index in [9.17, 15) is 5.11 Å². The van der Waals surface area contributed by atoms with Gasteiger partial charge in [0.2, 0.25) is 5.75 Å². The van der Waals surface area contributed by atoms with Crippen LogP contribution in [0.5, 0.6) is 17.2 Å². The van der Waals surface area contributed by atoms with E-state index in [1.165, 1.54) is 0 Å². The number of ether oxygens (including phenoxy) is 2. The summed E-state index contributed by atoms with van der Waals surface area (Å²) in [5, 5.41) is 15.0. The number of methoxy groups -OCH3 is 2. The Kier molecular flexibility index (Phi) is 4.49. The first kappa shape index (κ1) is 16.4.